The highest BCUT2D eigenvalue weighted by Gasteiger charge is 2.34. The minimum atomic E-state index is -0.159. The third-order valence-corrected chi connectivity index (χ3v) is 8.10. The highest BCUT2D eigenvalue weighted by Crippen LogP contribution is 2.42. The fourth-order valence-electron chi connectivity index (χ4n) is 6.03. The van der Waals surface area contributed by atoms with Gasteiger partial charge in [-0.15, -0.1) is 0 Å². The maximum Gasteiger partial charge on any atom is 0.186 e. The van der Waals surface area contributed by atoms with Gasteiger partial charge in [-0.1, -0.05) is 43.4 Å². The summed E-state index contributed by atoms with van der Waals surface area (Å²) in [6.07, 6.45) is 16.7. The van der Waals surface area contributed by atoms with Crippen molar-refractivity contribution in [3.8, 4) is 23.3 Å². The molecule has 39 heavy (non-hydrogen) atoms. The van der Waals surface area contributed by atoms with Crippen molar-refractivity contribution in [2.75, 3.05) is 7.11 Å². The number of unbranched alkanes of at least 4 members (excludes halogenated alkanes) is 1. The van der Waals surface area contributed by atoms with Gasteiger partial charge in [0.2, 0.25) is 0 Å². The summed E-state index contributed by atoms with van der Waals surface area (Å²) in [6.45, 7) is 2.09. The van der Waals surface area contributed by atoms with E-state index < -0.39 is 0 Å². The van der Waals surface area contributed by atoms with E-state index in [9.17, 15) is 9.90 Å². The number of carbonyl (C=O) groups excluding carboxylic acids is 1. The summed E-state index contributed by atoms with van der Waals surface area (Å²) in [7, 11) is 1.71. The first-order valence-corrected chi connectivity index (χ1v) is 14.4. The first-order valence-electron chi connectivity index (χ1n) is 14.4. The molecule has 3 aliphatic carbocycles. The standard InChI is InChI=1S/C32H43N3O4/c1-3-4-5-9-24(36)16-14-21-20-30(39-25-10-6-7-11-25)31(37)27-19-23-18-22(15-17-29(23)38-2)28(35-32(33)34)13-8-12-26(21)27/h5,9,15,17,20,22-23,25,28-29,37H,3-4,6-7,10-11,13-14,16,18-19H2,1-2H3,(H4,33,34,35)/t22-,23+,28-,29+/m1/s1. The van der Waals surface area contributed by atoms with Crippen molar-refractivity contribution >= 4 is 11.7 Å². The van der Waals surface area contributed by atoms with Crippen LogP contribution in [0.2, 0.25) is 0 Å². The molecule has 0 amide bonds. The summed E-state index contributed by atoms with van der Waals surface area (Å²) < 4.78 is 12.2. The van der Waals surface area contributed by atoms with Gasteiger partial charge in [-0.2, -0.15) is 0 Å². The molecule has 3 aliphatic rings. The van der Waals surface area contributed by atoms with Crippen LogP contribution in [0.5, 0.6) is 11.5 Å². The van der Waals surface area contributed by atoms with Crippen LogP contribution < -0.4 is 16.2 Å². The second-order valence-electron chi connectivity index (χ2n) is 11.0. The lowest BCUT2D eigenvalue weighted by Crippen LogP contribution is -2.35. The molecule has 0 radical (unpaired) electrons. The Hall–Kier alpha value is -3.24. The molecule has 2 bridgehead atoms. The van der Waals surface area contributed by atoms with Crippen LogP contribution in [-0.2, 0) is 22.4 Å². The lowest BCUT2D eigenvalue weighted by molar-refractivity contribution is -0.114. The highest BCUT2D eigenvalue weighted by molar-refractivity contribution is 5.89. The summed E-state index contributed by atoms with van der Waals surface area (Å²) in [6, 6.07) is 1.74. The minimum Gasteiger partial charge on any atom is -0.504 e. The second kappa shape index (κ2) is 13.7. The smallest absolute Gasteiger partial charge is 0.186 e. The number of benzene rings is 1. The van der Waals surface area contributed by atoms with E-state index in [-0.39, 0.29) is 47.6 Å². The van der Waals surface area contributed by atoms with Gasteiger partial charge in [-0.05, 0) is 75.0 Å². The zero-order valence-electron chi connectivity index (χ0n) is 23.3. The van der Waals surface area contributed by atoms with Gasteiger partial charge in [0.25, 0.3) is 0 Å². The van der Waals surface area contributed by atoms with Crippen LogP contribution in [0.15, 0.2) is 35.4 Å². The third-order valence-electron chi connectivity index (χ3n) is 8.10. The monoisotopic (exact) mass is 533 g/mol. The number of phenolic OH excluding ortho intramolecular Hbond substituents is 1. The van der Waals surface area contributed by atoms with Gasteiger partial charge in [0, 0.05) is 37.0 Å². The van der Waals surface area contributed by atoms with E-state index in [0.717, 1.165) is 61.6 Å². The lowest BCUT2D eigenvalue weighted by atomic mass is 9.76. The van der Waals surface area contributed by atoms with Gasteiger partial charge in [-0.25, -0.2) is 4.99 Å². The van der Waals surface area contributed by atoms with Crippen molar-refractivity contribution in [1.29, 1.82) is 0 Å². The molecule has 0 aromatic heterocycles. The second-order valence-corrected chi connectivity index (χ2v) is 11.0. The number of allylic oxidation sites excluding steroid dienone is 2. The Bertz CT molecular complexity index is 1170. The van der Waals surface area contributed by atoms with E-state index in [1.807, 2.05) is 12.1 Å². The van der Waals surface area contributed by atoms with Gasteiger partial charge >= 0.3 is 0 Å². The predicted octanol–water partition coefficient (Wildman–Crippen LogP) is 4.72. The van der Waals surface area contributed by atoms with E-state index in [4.69, 9.17) is 20.9 Å². The molecule has 1 saturated carbocycles. The zero-order valence-corrected chi connectivity index (χ0v) is 23.3. The molecule has 0 aliphatic heterocycles. The van der Waals surface area contributed by atoms with Gasteiger partial charge in [0.05, 0.1) is 18.2 Å². The van der Waals surface area contributed by atoms with Crippen molar-refractivity contribution in [1.82, 2.24) is 0 Å². The summed E-state index contributed by atoms with van der Waals surface area (Å²) in [5.74, 6) is 7.67. The van der Waals surface area contributed by atoms with Crippen LogP contribution in [0.4, 0.5) is 0 Å². The number of carbonyl (C=O) groups is 1. The number of phenols is 1. The Morgan fingerprint density at radius 3 is 2.77 bits per heavy atom. The number of rotatable bonds is 10. The predicted molar refractivity (Wildman–Crippen MR) is 155 cm³/mol. The van der Waals surface area contributed by atoms with Crippen LogP contribution in [0.25, 0.3) is 0 Å². The normalized spacial score (nSPS) is 24.6. The highest BCUT2D eigenvalue weighted by atomic mass is 16.5. The Kier molecular flexibility index (Phi) is 10.1. The van der Waals surface area contributed by atoms with E-state index in [1.165, 1.54) is 0 Å². The number of ketones is 1. The average Bonchev–Trinajstić information content (AvgIpc) is 3.43. The van der Waals surface area contributed by atoms with Crippen molar-refractivity contribution in [2.45, 2.75) is 95.8 Å². The molecule has 0 saturated heterocycles. The molecule has 7 heteroatoms. The number of fused-ring (bicyclic) bond motifs is 3. The summed E-state index contributed by atoms with van der Waals surface area (Å²) >= 11 is 0. The number of guanidine groups is 1. The number of nitrogens with zero attached hydrogens (tertiary/aromatic N) is 1. The maximum absolute atomic E-state index is 12.6. The molecule has 1 fully saturated rings. The van der Waals surface area contributed by atoms with E-state index in [2.05, 4.69) is 35.9 Å². The Morgan fingerprint density at radius 2 is 2.05 bits per heavy atom. The number of aryl methyl sites for hydroxylation is 1. The Morgan fingerprint density at radius 1 is 1.26 bits per heavy atom. The minimum absolute atomic E-state index is 0.0553. The maximum atomic E-state index is 12.6. The number of methoxy groups -OCH3 is 1. The van der Waals surface area contributed by atoms with Crippen molar-refractivity contribution in [2.24, 2.45) is 28.3 Å². The SMILES string of the molecule is CCCC=CC(=O)CCc1cc(OC2CCCC2)c(O)c2c1C#CC[C@@H](N=C(N)N)[C@@H]1C=C[C@H](OC)[C@H](C2)C1. The molecule has 210 valence electrons. The van der Waals surface area contributed by atoms with Crippen LogP contribution >= 0.6 is 0 Å². The molecule has 4 atom stereocenters. The molecule has 5 N–H and O–H groups in total. The quantitative estimate of drug-likeness (QED) is 0.132. The molecule has 0 spiro atoms. The first-order chi connectivity index (χ1) is 18.9. The van der Waals surface area contributed by atoms with Crippen LogP contribution in [-0.4, -0.2) is 42.2 Å². The molecule has 1 aromatic carbocycles. The fraction of sp³-hybridized carbons (Fsp3) is 0.562. The van der Waals surface area contributed by atoms with E-state index in [0.29, 0.717) is 31.4 Å². The van der Waals surface area contributed by atoms with Crippen molar-refractivity contribution < 1.29 is 19.4 Å². The Labute approximate surface area is 232 Å². The molecule has 4 rings (SSSR count). The van der Waals surface area contributed by atoms with Crippen LogP contribution in [0.3, 0.4) is 0 Å². The molecule has 7 nitrogen and oxygen atoms in total. The van der Waals surface area contributed by atoms with Crippen LogP contribution in [0.1, 0.15) is 81.4 Å². The van der Waals surface area contributed by atoms with Gasteiger partial charge in [-0.3, -0.25) is 4.79 Å². The molecular weight excluding hydrogens is 490 g/mol. The number of aromatic hydroxyl groups is 1. The average molecular weight is 534 g/mol. The number of nitrogens with two attached hydrogens (primary N) is 2. The summed E-state index contributed by atoms with van der Waals surface area (Å²) in [4.78, 5) is 17.1. The molecule has 1 aromatic rings. The number of hydrogen-bond acceptors (Lipinski definition) is 5. The third kappa shape index (κ3) is 7.45. The van der Waals surface area contributed by atoms with E-state index >= 15 is 0 Å². The molecule has 0 unspecified atom stereocenters. The first kappa shape index (κ1) is 28.8. The fourth-order valence-corrected chi connectivity index (χ4v) is 6.03. The summed E-state index contributed by atoms with van der Waals surface area (Å²) in [5, 5.41) is 11.6. The lowest BCUT2D eigenvalue weighted by Gasteiger charge is -2.34. The Balaban J connectivity index is 1.76. The number of hydrogen-bond donors (Lipinski definition) is 3. The van der Waals surface area contributed by atoms with Crippen molar-refractivity contribution in [3.05, 3.63) is 47.1 Å². The molecular formula is C32H43N3O4. The van der Waals surface area contributed by atoms with Crippen molar-refractivity contribution in [3.63, 3.8) is 0 Å². The van der Waals surface area contributed by atoms with Gasteiger partial charge < -0.3 is 26.0 Å². The summed E-state index contributed by atoms with van der Waals surface area (Å²) in [5.41, 5.74) is 14.0. The molecule has 0 heterocycles. The van der Waals surface area contributed by atoms with Crippen LogP contribution in [0, 0.1) is 23.7 Å². The van der Waals surface area contributed by atoms with Gasteiger partial charge in [0.1, 0.15) is 0 Å². The largest absolute Gasteiger partial charge is 0.504 e. The topological polar surface area (TPSA) is 120 Å². The zero-order chi connectivity index (χ0) is 27.8. The number of aliphatic imine (C=N–C) groups is 1. The van der Waals surface area contributed by atoms with Gasteiger partial charge in [0.15, 0.2) is 23.2 Å². The van der Waals surface area contributed by atoms with E-state index in [1.54, 1.807) is 13.2 Å². The number of ether oxygens (including phenoxy) is 2.